The number of ether oxygens (including phenoxy) is 2. The van der Waals surface area contributed by atoms with Gasteiger partial charge in [0.15, 0.2) is 0 Å². The molecule has 0 bridgehead atoms. The molecule has 3 aromatic rings. The monoisotopic (exact) mass is 773 g/mol. The van der Waals surface area contributed by atoms with Crippen molar-refractivity contribution in [2.75, 3.05) is 71.3 Å². The molecule has 0 aromatic heterocycles. The highest BCUT2D eigenvalue weighted by Crippen LogP contribution is 2.40. The maximum absolute atomic E-state index is 12.2. The van der Waals surface area contributed by atoms with E-state index in [-0.39, 0.29) is 51.0 Å². The quantitative estimate of drug-likeness (QED) is 0.0228. The van der Waals surface area contributed by atoms with Crippen LogP contribution in [0.3, 0.4) is 0 Å². The third kappa shape index (κ3) is 15.9. The molecule has 0 aliphatic heterocycles. The van der Waals surface area contributed by atoms with Crippen molar-refractivity contribution in [1.29, 1.82) is 0 Å². The summed E-state index contributed by atoms with van der Waals surface area (Å²) in [6, 6.07) is 17.7. The number of methoxy groups -OCH3 is 1. The van der Waals surface area contributed by atoms with Crippen molar-refractivity contribution in [1.82, 2.24) is 5.32 Å². The van der Waals surface area contributed by atoms with E-state index in [0.29, 0.717) is 67.5 Å². The molecule has 296 valence electrons. The highest BCUT2D eigenvalue weighted by Gasteiger charge is 2.19. The Balaban J connectivity index is 1.31. The number of carbonyl (C=O) groups excluding carboxylic acids is 1. The number of nitrogens with zero attached hydrogens (tertiary/aromatic N) is 5. The van der Waals surface area contributed by atoms with Gasteiger partial charge >= 0.3 is 0 Å². The fourth-order valence-corrected chi connectivity index (χ4v) is 6.04. The van der Waals surface area contributed by atoms with Gasteiger partial charge in [0, 0.05) is 57.0 Å². The molecule has 2 unspecified atom stereocenters. The van der Waals surface area contributed by atoms with Crippen LogP contribution in [0.1, 0.15) is 46.0 Å². The summed E-state index contributed by atoms with van der Waals surface area (Å²) in [4.78, 5) is 42.8. The number of amides is 1. The molecule has 3 rings (SSSR count). The lowest BCUT2D eigenvalue weighted by molar-refractivity contribution is -0.383. The normalized spacial score (nSPS) is 13.5. The fourth-order valence-electron chi connectivity index (χ4n) is 5.14. The molecule has 0 saturated heterocycles. The zero-order valence-electron chi connectivity index (χ0n) is 31.0. The van der Waals surface area contributed by atoms with Gasteiger partial charge in [0.1, 0.15) is 12.7 Å². The van der Waals surface area contributed by atoms with Gasteiger partial charge in [0.25, 0.3) is 13.5 Å². The van der Waals surface area contributed by atoms with Crippen molar-refractivity contribution in [3.63, 3.8) is 0 Å². The maximum atomic E-state index is 12.2. The number of hydrogen-bond donors (Lipinski definition) is 2. The van der Waals surface area contributed by atoms with Crippen molar-refractivity contribution < 1.29 is 47.6 Å². The molecule has 0 spiro atoms. The molecule has 0 heterocycles. The van der Waals surface area contributed by atoms with E-state index < -0.39 is 18.8 Å². The Morgan fingerprint density at radius 1 is 0.981 bits per heavy atom. The summed E-state index contributed by atoms with van der Waals surface area (Å²) in [6.45, 7) is 5.86. The zero-order chi connectivity index (χ0) is 39.2. The summed E-state index contributed by atoms with van der Waals surface area (Å²) in [5.41, 5.74) is 2.98. The van der Waals surface area contributed by atoms with E-state index in [1.165, 1.54) is 13.2 Å². The first-order valence-corrected chi connectivity index (χ1v) is 19.2. The van der Waals surface area contributed by atoms with Crippen LogP contribution in [0.15, 0.2) is 76.0 Å². The van der Waals surface area contributed by atoms with E-state index in [1.54, 1.807) is 24.3 Å². The van der Waals surface area contributed by atoms with Crippen LogP contribution in [0.4, 0.5) is 22.7 Å². The lowest BCUT2D eigenvalue weighted by atomic mass is 10.1. The molecule has 2 atom stereocenters. The topological polar surface area (TPSA) is 219 Å². The Morgan fingerprint density at radius 3 is 2.44 bits per heavy atom. The summed E-state index contributed by atoms with van der Waals surface area (Å²) in [5.74, 6) is -0.0949. The first kappa shape index (κ1) is 44.0. The number of nitrogens with one attached hydrogen (secondary N) is 1. The molecule has 0 aliphatic carbocycles. The summed E-state index contributed by atoms with van der Waals surface area (Å²) >= 11 is 0. The second-order valence-electron chi connectivity index (χ2n) is 12.0. The van der Waals surface area contributed by atoms with E-state index in [1.807, 2.05) is 44.2 Å². The number of benzene rings is 3. The van der Waals surface area contributed by atoms with Crippen LogP contribution in [0.5, 0.6) is 0 Å². The lowest BCUT2D eigenvalue weighted by Gasteiger charge is -2.27. The van der Waals surface area contributed by atoms with Gasteiger partial charge in [0.05, 0.1) is 53.8 Å². The van der Waals surface area contributed by atoms with Crippen LogP contribution >= 0.6 is 7.82 Å². The average molecular weight is 774 g/mol. The van der Waals surface area contributed by atoms with Gasteiger partial charge < -0.3 is 43.6 Å². The number of carbonyl (C=O) groups is 1. The predicted molar refractivity (Wildman–Crippen MR) is 202 cm³/mol. The molecule has 0 saturated carbocycles. The first-order valence-electron chi connectivity index (χ1n) is 17.7. The van der Waals surface area contributed by atoms with Crippen LogP contribution in [0, 0.1) is 10.1 Å². The molecule has 0 radical (unpaired) electrons. The molecule has 1 amide bonds. The number of fused-ring (bicyclic) bond motifs is 1. The van der Waals surface area contributed by atoms with Gasteiger partial charge in [-0.25, -0.2) is 0 Å². The summed E-state index contributed by atoms with van der Waals surface area (Å²) in [5, 5.41) is 37.0. The van der Waals surface area contributed by atoms with Crippen molar-refractivity contribution in [2.24, 2.45) is 15.4 Å². The molecule has 0 aliphatic rings. The summed E-state index contributed by atoms with van der Waals surface area (Å²) in [7, 11) is -3.15. The smallest absolute Gasteiger partial charge is 0.277 e. The predicted octanol–water partition coefficient (Wildman–Crippen LogP) is 5.97. The third-order valence-corrected chi connectivity index (χ3v) is 8.89. The van der Waals surface area contributed by atoms with Crippen LogP contribution in [-0.4, -0.2) is 94.1 Å². The number of phosphoric acid groups is 1. The fraction of sp³-hybridized carbons (Fsp3) is 0.500. The lowest BCUT2D eigenvalue weighted by Crippen LogP contribution is -2.28. The molecule has 0 fully saturated rings. The molecule has 17 nitrogen and oxygen atoms in total. The number of aliphatic hydroxyl groups is 1. The molecule has 3 aromatic carbocycles. The number of phosphoric ester groups is 1. The number of nitro groups is 1. The van der Waals surface area contributed by atoms with Gasteiger partial charge in [-0.2, -0.15) is 5.11 Å². The minimum Gasteiger partial charge on any atom is -0.756 e. The first-order chi connectivity index (χ1) is 26.1. The largest absolute Gasteiger partial charge is 0.756 e. The number of azo groups is 1. The van der Waals surface area contributed by atoms with Gasteiger partial charge in [-0.1, -0.05) is 23.4 Å². The van der Waals surface area contributed by atoms with Gasteiger partial charge in [-0.3, -0.25) is 19.5 Å². The number of anilines is 1. The SMILES string of the molecule is CCN(CCO/N=C(/C)CCCC(=O)NCCCOCC(COC)OP(=O)([O-])OCCCO)c1ccc(N=Nc2ccc([N+](=O)[O-])c3ccccc23)cc1. The van der Waals surface area contributed by atoms with Crippen LogP contribution in [-0.2, 0) is 32.7 Å². The van der Waals surface area contributed by atoms with E-state index >= 15 is 0 Å². The number of hydrogen-bond acceptors (Lipinski definition) is 15. The molecule has 2 N–H and O–H groups in total. The minimum atomic E-state index is -4.56. The van der Waals surface area contributed by atoms with E-state index in [2.05, 4.69) is 30.1 Å². The summed E-state index contributed by atoms with van der Waals surface area (Å²) in [6.07, 6.45) is 1.35. The number of oxime groups is 1. The molecular formula is C36H50N6O11P-. The number of likely N-dealkylation sites (N-methyl/N-ethyl adjacent to an activating group) is 1. The second-order valence-corrected chi connectivity index (χ2v) is 13.4. The average Bonchev–Trinajstić information content (AvgIpc) is 3.15. The number of rotatable bonds is 27. The Hall–Kier alpha value is -4.35. The Labute approximate surface area is 315 Å². The second kappa shape index (κ2) is 24.1. The van der Waals surface area contributed by atoms with E-state index in [4.69, 9.17) is 23.9 Å². The van der Waals surface area contributed by atoms with Crippen molar-refractivity contribution in [2.45, 2.75) is 52.1 Å². The highest BCUT2D eigenvalue weighted by molar-refractivity contribution is 7.45. The summed E-state index contributed by atoms with van der Waals surface area (Å²) < 4.78 is 32.0. The van der Waals surface area contributed by atoms with Crippen molar-refractivity contribution >= 4 is 53.0 Å². The Bertz CT molecular complexity index is 1710. The third-order valence-electron chi connectivity index (χ3n) is 7.83. The van der Waals surface area contributed by atoms with E-state index in [0.717, 1.165) is 17.9 Å². The number of nitro benzene ring substituents is 1. The molecular weight excluding hydrogens is 723 g/mol. The maximum Gasteiger partial charge on any atom is 0.277 e. The van der Waals surface area contributed by atoms with E-state index in [9.17, 15) is 24.4 Å². The Kier molecular flexibility index (Phi) is 19.7. The van der Waals surface area contributed by atoms with Crippen molar-refractivity contribution in [3.8, 4) is 0 Å². The zero-order valence-corrected chi connectivity index (χ0v) is 31.9. The minimum absolute atomic E-state index is 0.0176. The number of aliphatic hydroxyl groups excluding tert-OH is 1. The highest BCUT2D eigenvalue weighted by atomic mass is 31.2. The molecule has 18 heteroatoms. The van der Waals surface area contributed by atoms with Gasteiger partial charge in [-0.15, -0.1) is 5.11 Å². The number of non-ortho nitro benzene ring substituents is 1. The van der Waals surface area contributed by atoms with Gasteiger partial charge in [0.2, 0.25) is 5.91 Å². The Morgan fingerprint density at radius 2 is 1.74 bits per heavy atom. The van der Waals surface area contributed by atoms with Crippen LogP contribution in [0.25, 0.3) is 10.8 Å². The van der Waals surface area contributed by atoms with Gasteiger partial charge in [-0.05, 0) is 75.9 Å². The van der Waals surface area contributed by atoms with Crippen LogP contribution in [0.2, 0.25) is 0 Å². The standard InChI is InChI=1S/C36H51N6O11P/c1-4-41(30-16-14-29(15-17-30)38-39-34-18-19-35(42(45)46)33-12-6-5-11-32(33)34)21-25-51-40-28(2)10-7-13-36(44)37-20-8-23-50-27-31(26-49-3)53-54(47,48)52-24-9-22-43/h5-6,11-12,14-19,31,43H,4,7-10,13,20-27H2,1-3H3,(H,37,44)(H,47,48)/p-1/b39-38?,40-28-. The van der Waals surface area contributed by atoms with Crippen LogP contribution < -0.4 is 15.1 Å². The van der Waals surface area contributed by atoms with Crippen molar-refractivity contribution in [3.05, 3.63) is 70.8 Å². The molecule has 54 heavy (non-hydrogen) atoms.